The molecule has 2 aromatic rings. The molecule has 1 amide bonds. The molecule has 0 spiro atoms. The third kappa shape index (κ3) is 7.86. The molecule has 0 saturated carbocycles. The summed E-state index contributed by atoms with van der Waals surface area (Å²) in [5.41, 5.74) is 3.07. The van der Waals surface area contributed by atoms with E-state index in [-0.39, 0.29) is 16.9 Å². The Bertz CT molecular complexity index is 799. The van der Waals surface area contributed by atoms with Crippen LogP contribution in [0.1, 0.15) is 51.7 Å². The van der Waals surface area contributed by atoms with Gasteiger partial charge in [-0.3, -0.25) is 4.79 Å². The fourth-order valence-electron chi connectivity index (χ4n) is 2.85. The van der Waals surface area contributed by atoms with Crippen LogP contribution < -0.4 is 15.4 Å². The molecule has 0 aliphatic carbocycles. The molecule has 0 aromatic heterocycles. The van der Waals surface area contributed by atoms with Gasteiger partial charge in [0.1, 0.15) is 5.75 Å². The highest BCUT2D eigenvalue weighted by Gasteiger charge is 2.16. The van der Waals surface area contributed by atoms with Crippen LogP contribution >= 0.6 is 12.2 Å². The van der Waals surface area contributed by atoms with Crippen molar-refractivity contribution in [3.05, 3.63) is 59.7 Å². The lowest BCUT2D eigenvalue weighted by Crippen LogP contribution is -2.36. The number of carbonyl (C=O) groups is 1. The van der Waals surface area contributed by atoms with Crippen molar-refractivity contribution in [1.82, 2.24) is 5.32 Å². The van der Waals surface area contributed by atoms with Gasteiger partial charge in [-0.05, 0) is 72.8 Å². The lowest BCUT2D eigenvalue weighted by Gasteiger charge is -2.15. The normalized spacial score (nSPS) is 12.0. The van der Waals surface area contributed by atoms with Crippen LogP contribution in [0, 0.1) is 11.8 Å². The van der Waals surface area contributed by atoms with E-state index in [9.17, 15) is 4.79 Å². The van der Waals surface area contributed by atoms with Crippen LogP contribution in [0.15, 0.2) is 48.5 Å². The second-order valence-corrected chi connectivity index (χ2v) is 8.64. The van der Waals surface area contributed by atoms with Crippen LogP contribution in [0.2, 0.25) is 0 Å². The maximum atomic E-state index is 12.6. The molecule has 156 valence electrons. The van der Waals surface area contributed by atoms with Gasteiger partial charge in [-0.15, -0.1) is 0 Å². The summed E-state index contributed by atoms with van der Waals surface area (Å²) in [6, 6.07) is 15.8. The molecule has 0 radical (unpaired) electrons. The molecule has 2 N–H and O–H groups in total. The Labute approximate surface area is 180 Å². The largest absolute Gasteiger partial charge is 0.493 e. The van der Waals surface area contributed by atoms with Crippen molar-refractivity contribution in [3.8, 4) is 5.75 Å². The van der Waals surface area contributed by atoms with E-state index in [1.807, 2.05) is 43.3 Å². The first-order valence-electron chi connectivity index (χ1n) is 10.2. The van der Waals surface area contributed by atoms with Crippen LogP contribution in [0.4, 0.5) is 5.69 Å². The maximum absolute atomic E-state index is 12.6. The molecule has 0 fully saturated rings. The fraction of sp³-hybridized carbons (Fsp3) is 0.417. The number of nitrogens with one attached hydrogen (secondary N) is 2. The number of carbonyl (C=O) groups excluding carboxylic acids is 1. The number of ether oxygens (including phenoxy) is 1. The SMILES string of the molecule is CC(C)COc1ccc(NC(=S)NC(=O)C(C)c2ccc(CC(C)C)cc2)cc1. The first-order chi connectivity index (χ1) is 13.7. The van der Waals surface area contributed by atoms with Crippen molar-refractivity contribution in [2.75, 3.05) is 11.9 Å². The van der Waals surface area contributed by atoms with Gasteiger partial charge in [-0.25, -0.2) is 0 Å². The molecule has 1 atom stereocenters. The molecule has 0 heterocycles. The van der Waals surface area contributed by atoms with E-state index in [1.165, 1.54) is 5.56 Å². The van der Waals surface area contributed by atoms with E-state index in [4.69, 9.17) is 17.0 Å². The van der Waals surface area contributed by atoms with Crippen LogP contribution in [-0.2, 0) is 11.2 Å². The van der Waals surface area contributed by atoms with E-state index >= 15 is 0 Å². The molecule has 4 nitrogen and oxygen atoms in total. The summed E-state index contributed by atoms with van der Waals surface area (Å²) in [6.45, 7) is 11.2. The number of benzene rings is 2. The van der Waals surface area contributed by atoms with Gasteiger partial charge in [-0.1, -0.05) is 52.0 Å². The van der Waals surface area contributed by atoms with Gasteiger partial charge in [0.05, 0.1) is 12.5 Å². The molecular formula is C24H32N2O2S. The Morgan fingerprint density at radius 2 is 1.55 bits per heavy atom. The molecule has 5 heteroatoms. The lowest BCUT2D eigenvalue weighted by atomic mass is 9.96. The quantitative estimate of drug-likeness (QED) is 0.559. The second kappa shape index (κ2) is 11.0. The summed E-state index contributed by atoms with van der Waals surface area (Å²) < 4.78 is 5.67. The zero-order chi connectivity index (χ0) is 21.4. The predicted octanol–water partition coefficient (Wildman–Crippen LogP) is 5.54. The first-order valence-corrected chi connectivity index (χ1v) is 10.6. The number of thiocarbonyl (C=S) groups is 1. The molecule has 2 rings (SSSR count). The van der Waals surface area contributed by atoms with Crippen molar-refractivity contribution in [2.45, 2.75) is 47.0 Å². The zero-order valence-corrected chi connectivity index (χ0v) is 18.8. The van der Waals surface area contributed by atoms with Crippen molar-refractivity contribution >= 4 is 28.9 Å². The standard InChI is InChI=1S/C24H32N2O2S/c1-16(2)14-19-6-8-20(9-7-19)18(5)23(27)26-24(29)25-21-10-12-22(13-11-21)28-15-17(3)4/h6-13,16-18H,14-15H2,1-5H3,(H2,25,26,27,29). The maximum Gasteiger partial charge on any atom is 0.233 e. The van der Waals surface area contributed by atoms with Crippen LogP contribution in [-0.4, -0.2) is 17.6 Å². The summed E-state index contributed by atoms with van der Waals surface area (Å²) in [5.74, 6) is 1.49. The minimum atomic E-state index is -0.283. The van der Waals surface area contributed by atoms with Gasteiger partial charge in [0, 0.05) is 5.69 Å². The number of anilines is 1. The molecule has 0 aliphatic rings. The summed E-state index contributed by atoms with van der Waals surface area (Å²) in [6.07, 6.45) is 1.04. The Balaban J connectivity index is 1.87. The highest BCUT2D eigenvalue weighted by Crippen LogP contribution is 2.19. The second-order valence-electron chi connectivity index (χ2n) is 8.23. The molecule has 0 saturated heterocycles. The van der Waals surface area contributed by atoms with Gasteiger partial charge >= 0.3 is 0 Å². The average Bonchev–Trinajstić information content (AvgIpc) is 2.67. The van der Waals surface area contributed by atoms with Gasteiger partial charge in [0.25, 0.3) is 0 Å². The molecule has 1 unspecified atom stereocenters. The van der Waals surface area contributed by atoms with Crippen LogP contribution in [0.5, 0.6) is 5.75 Å². The van der Waals surface area contributed by atoms with E-state index in [2.05, 4.69) is 50.5 Å². The zero-order valence-electron chi connectivity index (χ0n) is 18.0. The van der Waals surface area contributed by atoms with E-state index < -0.39 is 0 Å². The van der Waals surface area contributed by atoms with Crippen molar-refractivity contribution < 1.29 is 9.53 Å². The van der Waals surface area contributed by atoms with Gasteiger partial charge in [0.15, 0.2) is 5.11 Å². The van der Waals surface area contributed by atoms with Gasteiger partial charge < -0.3 is 15.4 Å². The average molecular weight is 413 g/mol. The summed E-state index contributed by atoms with van der Waals surface area (Å²) in [5, 5.41) is 6.11. The Morgan fingerprint density at radius 1 is 0.931 bits per heavy atom. The molecule has 29 heavy (non-hydrogen) atoms. The lowest BCUT2D eigenvalue weighted by molar-refractivity contribution is -0.120. The third-order valence-electron chi connectivity index (χ3n) is 4.45. The van der Waals surface area contributed by atoms with Crippen molar-refractivity contribution in [2.24, 2.45) is 11.8 Å². The van der Waals surface area contributed by atoms with Gasteiger partial charge in [0.2, 0.25) is 5.91 Å². The monoisotopic (exact) mass is 412 g/mol. The Kier molecular flexibility index (Phi) is 8.65. The molecule has 2 aromatic carbocycles. The van der Waals surface area contributed by atoms with Gasteiger partial charge in [-0.2, -0.15) is 0 Å². The number of amides is 1. The highest BCUT2D eigenvalue weighted by atomic mass is 32.1. The Hall–Kier alpha value is -2.40. The van der Waals surface area contributed by atoms with E-state index in [0.29, 0.717) is 18.4 Å². The molecule has 0 bridgehead atoms. The third-order valence-corrected chi connectivity index (χ3v) is 4.65. The minimum absolute atomic E-state index is 0.129. The van der Waals surface area contributed by atoms with E-state index in [0.717, 1.165) is 23.4 Å². The molecule has 0 aliphatic heterocycles. The highest BCUT2D eigenvalue weighted by molar-refractivity contribution is 7.80. The minimum Gasteiger partial charge on any atom is -0.493 e. The van der Waals surface area contributed by atoms with E-state index in [1.54, 1.807) is 0 Å². The number of rotatable bonds is 8. The summed E-state index contributed by atoms with van der Waals surface area (Å²) in [4.78, 5) is 12.6. The summed E-state index contributed by atoms with van der Waals surface area (Å²) >= 11 is 5.29. The topological polar surface area (TPSA) is 50.4 Å². The molecular weight excluding hydrogens is 380 g/mol. The Morgan fingerprint density at radius 3 is 2.10 bits per heavy atom. The predicted molar refractivity (Wildman–Crippen MR) is 125 cm³/mol. The first kappa shape index (κ1) is 22.9. The smallest absolute Gasteiger partial charge is 0.233 e. The summed E-state index contributed by atoms with van der Waals surface area (Å²) in [7, 11) is 0. The number of hydrogen-bond donors (Lipinski definition) is 2. The number of hydrogen-bond acceptors (Lipinski definition) is 3. The van der Waals surface area contributed by atoms with Crippen LogP contribution in [0.3, 0.4) is 0 Å². The van der Waals surface area contributed by atoms with Crippen LogP contribution in [0.25, 0.3) is 0 Å². The fourth-order valence-corrected chi connectivity index (χ4v) is 3.06. The van der Waals surface area contributed by atoms with Crippen molar-refractivity contribution in [1.29, 1.82) is 0 Å². The van der Waals surface area contributed by atoms with Crippen molar-refractivity contribution in [3.63, 3.8) is 0 Å².